The predicted molar refractivity (Wildman–Crippen MR) is 50.5 cm³/mol. The van der Waals surface area contributed by atoms with Crippen LogP contribution in [0, 0.1) is 0 Å². The fourth-order valence-corrected chi connectivity index (χ4v) is 0.863. The highest BCUT2D eigenvalue weighted by molar-refractivity contribution is 5.20. The zero-order chi connectivity index (χ0) is 8.81. The maximum absolute atomic E-state index is 5.48. The Kier molecular flexibility index (Phi) is 3.61. The van der Waals surface area contributed by atoms with Crippen LogP contribution in [0.15, 0.2) is 30.3 Å². The molecule has 0 aliphatic rings. The van der Waals surface area contributed by atoms with Crippen molar-refractivity contribution < 1.29 is 4.74 Å². The third-order valence-electron chi connectivity index (χ3n) is 1.55. The van der Waals surface area contributed by atoms with Crippen LogP contribution >= 0.6 is 0 Å². The van der Waals surface area contributed by atoms with E-state index >= 15 is 0 Å². The first-order chi connectivity index (χ1) is 5.79. The molecule has 0 radical (unpaired) electrons. The molecular formula is C10H15NO. The van der Waals surface area contributed by atoms with Gasteiger partial charge in [0.2, 0.25) is 0 Å². The van der Waals surface area contributed by atoms with Gasteiger partial charge in [-0.15, -0.1) is 0 Å². The van der Waals surface area contributed by atoms with Gasteiger partial charge in [0.05, 0.1) is 0 Å². The van der Waals surface area contributed by atoms with E-state index in [0.717, 1.165) is 18.9 Å². The van der Waals surface area contributed by atoms with Gasteiger partial charge in [0.1, 0.15) is 12.4 Å². The second kappa shape index (κ2) is 4.78. The summed E-state index contributed by atoms with van der Waals surface area (Å²) in [4.78, 5) is 2.10. The molecule has 0 aliphatic heterocycles. The Bertz CT molecular complexity index is 208. The molecule has 0 bridgehead atoms. The minimum atomic E-state index is 0.747. The fraction of sp³-hybridized carbons (Fsp3) is 0.400. The van der Waals surface area contributed by atoms with E-state index in [2.05, 4.69) is 4.90 Å². The van der Waals surface area contributed by atoms with E-state index in [9.17, 15) is 0 Å². The minimum Gasteiger partial charge on any atom is -0.492 e. The lowest BCUT2D eigenvalue weighted by atomic mass is 10.3. The van der Waals surface area contributed by atoms with Crippen molar-refractivity contribution in [2.75, 3.05) is 27.2 Å². The number of likely N-dealkylation sites (N-methyl/N-ethyl adjacent to an activating group) is 1. The molecule has 0 aromatic heterocycles. The quantitative estimate of drug-likeness (QED) is 0.672. The van der Waals surface area contributed by atoms with E-state index in [1.165, 1.54) is 0 Å². The van der Waals surface area contributed by atoms with E-state index in [-0.39, 0.29) is 0 Å². The molecule has 0 amide bonds. The van der Waals surface area contributed by atoms with Crippen LogP contribution in [0.3, 0.4) is 0 Å². The van der Waals surface area contributed by atoms with Gasteiger partial charge in [-0.3, -0.25) is 0 Å². The third kappa shape index (κ3) is 3.39. The minimum absolute atomic E-state index is 0.747. The molecular weight excluding hydrogens is 150 g/mol. The Balaban J connectivity index is 2.25. The van der Waals surface area contributed by atoms with Crippen molar-refractivity contribution in [2.45, 2.75) is 0 Å². The summed E-state index contributed by atoms with van der Waals surface area (Å²) in [5, 5.41) is 0. The average Bonchev–Trinajstić information content (AvgIpc) is 2.05. The topological polar surface area (TPSA) is 12.5 Å². The number of hydrogen-bond acceptors (Lipinski definition) is 2. The highest BCUT2D eigenvalue weighted by atomic mass is 16.5. The Morgan fingerprint density at radius 1 is 1.17 bits per heavy atom. The molecule has 2 heteroatoms. The Morgan fingerprint density at radius 2 is 1.83 bits per heavy atom. The standard InChI is InChI=1S/C10H15NO/c1-11(2)8-9-12-10-6-4-3-5-7-10/h3-7H,8-9H2,1-2H3. The van der Waals surface area contributed by atoms with Crippen LogP contribution in [-0.4, -0.2) is 32.1 Å². The van der Waals surface area contributed by atoms with Crippen LogP contribution < -0.4 is 4.74 Å². The molecule has 0 N–H and O–H groups in total. The number of rotatable bonds is 4. The van der Waals surface area contributed by atoms with Crippen molar-refractivity contribution in [3.63, 3.8) is 0 Å². The molecule has 1 aromatic rings. The molecule has 0 saturated heterocycles. The van der Waals surface area contributed by atoms with E-state index in [1.54, 1.807) is 0 Å². The number of ether oxygens (including phenoxy) is 1. The van der Waals surface area contributed by atoms with Gasteiger partial charge in [-0.1, -0.05) is 18.2 Å². The SMILES string of the molecule is CN(C)CCOc1ccccc1. The van der Waals surface area contributed by atoms with Crippen molar-refractivity contribution in [1.82, 2.24) is 4.90 Å². The normalized spacial score (nSPS) is 10.2. The molecule has 0 saturated carbocycles. The van der Waals surface area contributed by atoms with Gasteiger partial charge in [0, 0.05) is 6.54 Å². The molecule has 2 nitrogen and oxygen atoms in total. The van der Waals surface area contributed by atoms with E-state index in [4.69, 9.17) is 4.74 Å². The highest BCUT2D eigenvalue weighted by Gasteiger charge is 1.91. The van der Waals surface area contributed by atoms with Gasteiger partial charge in [-0.2, -0.15) is 0 Å². The largest absolute Gasteiger partial charge is 0.492 e. The summed E-state index contributed by atoms with van der Waals surface area (Å²) in [5.74, 6) is 0.944. The van der Waals surface area contributed by atoms with Crippen molar-refractivity contribution in [2.24, 2.45) is 0 Å². The molecule has 0 unspecified atom stereocenters. The van der Waals surface area contributed by atoms with Gasteiger partial charge < -0.3 is 9.64 Å². The van der Waals surface area contributed by atoms with Gasteiger partial charge in [-0.05, 0) is 26.2 Å². The van der Waals surface area contributed by atoms with E-state index in [1.807, 2.05) is 44.4 Å². The van der Waals surface area contributed by atoms with Crippen molar-refractivity contribution >= 4 is 0 Å². The molecule has 0 fully saturated rings. The van der Waals surface area contributed by atoms with Gasteiger partial charge >= 0.3 is 0 Å². The first-order valence-corrected chi connectivity index (χ1v) is 4.11. The molecule has 1 aromatic carbocycles. The average molecular weight is 165 g/mol. The van der Waals surface area contributed by atoms with Crippen molar-refractivity contribution in [3.8, 4) is 5.75 Å². The van der Waals surface area contributed by atoms with Crippen LogP contribution in [0.25, 0.3) is 0 Å². The third-order valence-corrected chi connectivity index (χ3v) is 1.55. The second-order valence-corrected chi connectivity index (χ2v) is 2.96. The predicted octanol–water partition coefficient (Wildman–Crippen LogP) is 1.63. The van der Waals surface area contributed by atoms with Crippen LogP contribution in [-0.2, 0) is 0 Å². The summed E-state index contributed by atoms with van der Waals surface area (Å²) >= 11 is 0. The summed E-state index contributed by atoms with van der Waals surface area (Å²) in [6.45, 7) is 1.70. The lowest BCUT2D eigenvalue weighted by Crippen LogP contribution is -2.19. The summed E-state index contributed by atoms with van der Waals surface area (Å²) in [5.41, 5.74) is 0. The Labute approximate surface area is 73.8 Å². The van der Waals surface area contributed by atoms with Crippen LogP contribution in [0.1, 0.15) is 0 Å². The summed E-state index contributed by atoms with van der Waals surface area (Å²) in [6.07, 6.45) is 0. The van der Waals surface area contributed by atoms with Crippen LogP contribution in [0.2, 0.25) is 0 Å². The first kappa shape index (κ1) is 9.07. The number of para-hydroxylation sites is 1. The molecule has 0 heterocycles. The summed E-state index contributed by atoms with van der Waals surface area (Å²) in [7, 11) is 4.07. The lowest BCUT2D eigenvalue weighted by Gasteiger charge is -2.10. The molecule has 12 heavy (non-hydrogen) atoms. The van der Waals surface area contributed by atoms with Gasteiger partial charge in [0.25, 0.3) is 0 Å². The Morgan fingerprint density at radius 3 is 2.42 bits per heavy atom. The smallest absolute Gasteiger partial charge is 0.119 e. The summed E-state index contributed by atoms with van der Waals surface area (Å²) in [6, 6.07) is 9.88. The second-order valence-electron chi connectivity index (χ2n) is 2.96. The molecule has 0 atom stereocenters. The molecule has 0 aliphatic carbocycles. The van der Waals surface area contributed by atoms with Crippen molar-refractivity contribution in [1.29, 1.82) is 0 Å². The van der Waals surface area contributed by atoms with Crippen molar-refractivity contribution in [3.05, 3.63) is 30.3 Å². The monoisotopic (exact) mass is 165 g/mol. The zero-order valence-corrected chi connectivity index (χ0v) is 7.66. The van der Waals surface area contributed by atoms with E-state index < -0.39 is 0 Å². The molecule has 1 rings (SSSR count). The highest BCUT2D eigenvalue weighted by Crippen LogP contribution is 2.07. The van der Waals surface area contributed by atoms with Gasteiger partial charge in [0.15, 0.2) is 0 Å². The fourth-order valence-electron chi connectivity index (χ4n) is 0.863. The molecule has 66 valence electrons. The van der Waals surface area contributed by atoms with Gasteiger partial charge in [-0.25, -0.2) is 0 Å². The van der Waals surface area contributed by atoms with E-state index in [0.29, 0.717) is 0 Å². The zero-order valence-electron chi connectivity index (χ0n) is 7.66. The first-order valence-electron chi connectivity index (χ1n) is 4.11. The maximum Gasteiger partial charge on any atom is 0.119 e. The maximum atomic E-state index is 5.48. The number of benzene rings is 1. The Hall–Kier alpha value is -1.02. The molecule has 0 spiro atoms. The van der Waals surface area contributed by atoms with Crippen LogP contribution in [0.5, 0.6) is 5.75 Å². The number of hydrogen-bond donors (Lipinski definition) is 0. The summed E-state index contributed by atoms with van der Waals surface area (Å²) < 4.78 is 5.48. The lowest BCUT2D eigenvalue weighted by molar-refractivity contribution is 0.261. The number of nitrogens with zero attached hydrogens (tertiary/aromatic N) is 1. The van der Waals surface area contributed by atoms with Crippen LogP contribution in [0.4, 0.5) is 0 Å².